The number of amidine groups is 1. The first-order valence-electron chi connectivity index (χ1n) is 4.29. The average Bonchev–Trinajstić information content (AvgIpc) is 2.30. The number of nitriles is 1. The molecule has 0 radical (unpaired) electrons. The maximum absolute atomic E-state index is 13.1. The van der Waals surface area contributed by atoms with Crippen molar-refractivity contribution in [2.75, 3.05) is 5.43 Å². The number of hydrogen-bond acceptors (Lipinski definition) is 4. The molecule has 0 aromatic heterocycles. The van der Waals surface area contributed by atoms with Gasteiger partial charge in [-0.05, 0) is 0 Å². The van der Waals surface area contributed by atoms with Crippen LogP contribution in [-0.4, -0.2) is 11.5 Å². The highest BCUT2D eigenvalue weighted by Gasteiger charge is 2.19. The summed E-state index contributed by atoms with van der Waals surface area (Å²) in [5.41, 5.74) is 4.82. The van der Waals surface area contributed by atoms with Gasteiger partial charge in [0.2, 0.25) is 5.71 Å². The average molecular weight is 259 g/mol. The predicted molar refractivity (Wildman–Crippen MR) is 54.9 cm³/mol. The van der Waals surface area contributed by atoms with E-state index in [9.17, 15) is 17.6 Å². The number of anilines is 1. The molecule has 0 atom stereocenters. The van der Waals surface area contributed by atoms with E-state index in [1.165, 1.54) is 6.07 Å². The van der Waals surface area contributed by atoms with Gasteiger partial charge < -0.3 is 5.73 Å². The van der Waals surface area contributed by atoms with E-state index in [1.807, 2.05) is 0 Å². The van der Waals surface area contributed by atoms with E-state index in [0.29, 0.717) is 0 Å². The molecule has 0 spiro atoms. The van der Waals surface area contributed by atoms with Gasteiger partial charge in [-0.2, -0.15) is 10.4 Å². The Labute approximate surface area is 98.0 Å². The summed E-state index contributed by atoms with van der Waals surface area (Å²) in [5.74, 6) is -7.64. The van der Waals surface area contributed by atoms with Crippen LogP contribution >= 0.6 is 0 Å². The monoisotopic (exact) mass is 259 g/mol. The summed E-state index contributed by atoms with van der Waals surface area (Å²) in [6.45, 7) is 0. The van der Waals surface area contributed by atoms with E-state index < -0.39 is 40.5 Å². The Balaban J connectivity index is 3.18. The minimum absolute atomic E-state index is 0.107. The van der Waals surface area contributed by atoms with Gasteiger partial charge in [-0.15, -0.1) is 0 Å². The maximum Gasteiger partial charge on any atom is 0.201 e. The second-order valence-corrected chi connectivity index (χ2v) is 2.94. The van der Waals surface area contributed by atoms with Crippen molar-refractivity contribution in [2.45, 2.75) is 0 Å². The van der Waals surface area contributed by atoms with Crippen LogP contribution in [0.15, 0.2) is 11.2 Å². The summed E-state index contributed by atoms with van der Waals surface area (Å²) in [6.07, 6.45) is 0. The van der Waals surface area contributed by atoms with Crippen LogP contribution in [0, 0.1) is 40.0 Å². The molecule has 0 saturated carbocycles. The lowest BCUT2D eigenvalue weighted by atomic mass is 10.2. The first-order chi connectivity index (χ1) is 8.38. The van der Waals surface area contributed by atoms with Crippen molar-refractivity contribution < 1.29 is 17.6 Å². The summed E-state index contributed by atoms with van der Waals surface area (Å²) in [7, 11) is 0. The number of benzene rings is 1. The first-order valence-corrected chi connectivity index (χ1v) is 4.29. The second-order valence-electron chi connectivity index (χ2n) is 2.94. The zero-order valence-electron chi connectivity index (χ0n) is 8.56. The highest BCUT2D eigenvalue weighted by atomic mass is 19.2. The largest absolute Gasteiger partial charge is 0.382 e. The van der Waals surface area contributed by atoms with Crippen LogP contribution in [-0.2, 0) is 0 Å². The highest BCUT2D eigenvalue weighted by Crippen LogP contribution is 2.23. The Morgan fingerprint density at radius 3 is 2.39 bits per heavy atom. The lowest BCUT2D eigenvalue weighted by Crippen LogP contribution is -2.22. The van der Waals surface area contributed by atoms with Gasteiger partial charge in [0.05, 0.1) is 0 Å². The molecule has 5 nitrogen and oxygen atoms in total. The topological polar surface area (TPSA) is 98.0 Å². The van der Waals surface area contributed by atoms with Crippen molar-refractivity contribution >= 4 is 17.2 Å². The van der Waals surface area contributed by atoms with Gasteiger partial charge in [0.15, 0.2) is 29.1 Å². The molecule has 1 aromatic carbocycles. The Hall–Kier alpha value is -2.63. The predicted octanol–water partition coefficient (Wildman–Crippen LogP) is 1.47. The molecule has 0 saturated heterocycles. The van der Waals surface area contributed by atoms with Crippen LogP contribution < -0.4 is 11.2 Å². The summed E-state index contributed by atoms with van der Waals surface area (Å²) < 4.78 is 51.6. The summed E-state index contributed by atoms with van der Waals surface area (Å²) in [5, 5.41) is 18.4. The van der Waals surface area contributed by atoms with E-state index in [4.69, 9.17) is 16.4 Å². The molecule has 9 heteroatoms. The number of nitrogens with zero attached hydrogens (tertiary/aromatic N) is 2. The Morgan fingerprint density at radius 1 is 1.28 bits per heavy atom. The number of halogens is 4. The van der Waals surface area contributed by atoms with E-state index in [2.05, 4.69) is 5.10 Å². The number of hydrazone groups is 1. The molecule has 94 valence electrons. The van der Waals surface area contributed by atoms with Gasteiger partial charge in [0, 0.05) is 6.07 Å². The van der Waals surface area contributed by atoms with Crippen LogP contribution in [0.3, 0.4) is 0 Å². The van der Waals surface area contributed by atoms with E-state index in [0.717, 1.165) is 0 Å². The first kappa shape index (κ1) is 13.4. The second kappa shape index (κ2) is 5.13. The molecule has 18 heavy (non-hydrogen) atoms. The molecular weight excluding hydrogens is 254 g/mol. The molecule has 1 aromatic rings. The third-order valence-electron chi connectivity index (χ3n) is 1.75. The van der Waals surface area contributed by atoms with Crippen molar-refractivity contribution in [3.63, 3.8) is 0 Å². The zero-order chi connectivity index (χ0) is 13.9. The van der Waals surface area contributed by atoms with Crippen LogP contribution in [0.25, 0.3) is 0 Å². The Bertz CT molecular complexity index is 575. The van der Waals surface area contributed by atoms with Gasteiger partial charge in [0.1, 0.15) is 11.8 Å². The van der Waals surface area contributed by atoms with Crippen LogP contribution in [0.4, 0.5) is 23.2 Å². The fourth-order valence-electron chi connectivity index (χ4n) is 0.926. The fourth-order valence-corrected chi connectivity index (χ4v) is 0.926. The molecule has 0 aliphatic heterocycles. The minimum Gasteiger partial charge on any atom is -0.382 e. The lowest BCUT2D eigenvalue weighted by molar-refractivity contribution is 0.437. The highest BCUT2D eigenvalue weighted by molar-refractivity contribution is 6.45. The normalized spacial score (nSPS) is 10.9. The lowest BCUT2D eigenvalue weighted by Gasteiger charge is -2.05. The van der Waals surface area contributed by atoms with Crippen molar-refractivity contribution in [2.24, 2.45) is 10.8 Å². The number of rotatable bonds is 3. The molecule has 0 unspecified atom stereocenters. The van der Waals surface area contributed by atoms with Crippen molar-refractivity contribution in [1.82, 2.24) is 0 Å². The number of hydrogen-bond donors (Lipinski definition) is 3. The standard InChI is InChI=1S/C9H5F4N5/c10-3-1-4(11)8(7(13)6(3)12)18-17-5(2-14)9(15)16/h1,18H,(H3,15,16)/b17-5+. The fraction of sp³-hybridized carbons (Fsp3) is 0. The van der Waals surface area contributed by atoms with Gasteiger partial charge >= 0.3 is 0 Å². The van der Waals surface area contributed by atoms with Crippen molar-refractivity contribution in [3.8, 4) is 6.07 Å². The van der Waals surface area contributed by atoms with Gasteiger partial charge in [0.25, 0.3) is 0 Å². The van der Waals surface area contributed by atoms with Crippen molar-refractivity contribution in [1.29, 1.82) is 10.7 Å². The Kier molecular flexibility index (Phi) is 3.83. The van der Waals surface area contributed by atoms with Crippen LogP contribution in [0.2, 0.25) is 0 Å². The summed E-state index contributed by atoms with van der Waals surface area (Å²) in [4.78, 5) is 0. The molecule has 0 bridgehead atoms. The van der Waals surface area contributed by atoms with Crippen molar-refractivity contribution in [3.05, 3.63) is 29.3 Å². The van der Waals surface area contributed by atoms with E-state index in [-0.39, 0.29) is 6.07 Å². The molecular formula is C9H5F4N5. The molecule has 0 heterocycles. The van der Waals surface area contributed by atoms with Crippen LogP contribution in [0.5, 0.6) is 0 Å². The van der Waals surface area contributed by atoms with E-state index in [1.54, 1.807) is 5.43 Å². The minimum atomic E-state index is -1.89. The summed E-state index contributed by atoms with van der Waals surface area (Å²) >= 11 is 0. The van der Waals surface area contributed by atoms with Gasteiger partial charge in [-0.3, -0.25) is 10.8 Å². The van der Waals surface area contributed by atoms with E-state index >= 15 is 0 Å². The Morgan fingerprint density at radius 2 is 1.89 bits per heavy atom. The molecule has 1 rings (SSSR count). The molecule has 0 aliphatic carbocycles. The van der Waals surface area contributed by atoms with Crippen LogP contribution in [0.1, 0.15) is 0 Å². The SMILES string of the molecule is N#C/C(=N\Nc1c(F)cc(F)c(F)c1F)C(=N)N. The molecule has 0 fully saturated rings. The zero-order valence-corrected chi connectivity index (χ0v) is 8.56. The quantitative estimate of drug-likeness (QED) is 0.191. The third kappa shape index (κ3) is 2.54. The molecule has 4 N–H and O–H groups in total. The molecule has 0 aliphatic rings. The smallest absolute Gasteiger partial charge is 0.201 e. The van der Waals surface area contributed by atoms with Gasteiger partial charge in [-0.1, -0.05) is 0 Å². The molecule has 0 amide bonds. The van der Waals surface area contributed by atoms with Gasteiger partial charge in [-0.25, -0.2) is 17.6 Å². The number of nitrogens with two attached hydrogens (primary N) is 1. The number of nitrogens with one attached hydrogen (secondary N) is 2. The third-order valence-corrected chi connectivity index (χ3v) is 1.75. The maximum atomic E-state index is 13.1. The summed E-state index contributed by atoms with van der Waals surface area (Å²) in [6, 6.07) is 1.47.